The number of benzene rings is 2. The smallest absolute Gasteiger partial charge is 0.255 e. The summed E-state index contributed by atoms with van der Waals surface area (Å²) in [6, 6.07) is 14.6. The fourth-order valence-corrected chi connectivity index (χ4v) is 3.42. The molecule has 148 valence electrons. The van der Waals surface area contributed by atoms with Crippen LogP contribution in [-0.2, 0) is 4.79 Å². The van der Waals surface area contributed by atoms with Gasteiger partial charge in [-0.2, -0.15) is 0 Å². The molecule has 6 heteroatoms. The SMILES string of the molecule is COc1ccccc1NC(=O)c1ccc(NC(=O)CN2CCCCC2C)cc1. The van der Waals surface area contributed by atoms with Crippen molar-refractivity contribution in [2.45, 2.75) is 32.2 Å². The number of likely N-dealkylation sites (tertiary alicyclic amines) is 1. The van der Waals surface area contributed by atoms with E-state index in [-0.39, 0.29) is 11.8 Å². The van der Waals surface area contributed by atoms with E-state index in [1.54, 1.807) is 43.5 Å². The number of carbonyl (C=O) groups excluding carboxylic acids is 2. The van der Waals surface area contributed by atoms with E-state index >= 15 is 0 Å². The van der Waals surface area contributed by atoms with Crippen molar-refractivity contribution in [3.8, 4) is 5.75 Å². The highest BCUT2D eigenvalue weighted by Crippen LogP contribution is 2.24. The summed E-state index contributed by atoms with van der Waals surface area (Å²) < 4.78 is 5.25. The summed E-state index contributed by atoms with van der Waals surface area (Å²) in [5, 5.41) is 5.75. The molecule has 1 aliphatic rings. The number of hydrogen-bond acceptors (Lipinski definition) is 4. The van der Waals surface area contributed by atoms with Gasteiger partial charge in [0.25, 0.3) is 5.91 Å². The van der Waals surface area contributed by atoms with Crippen molar-refractivity contribution in [3.63, 3.8) is 0 Å². The predicted octanol–water partition coefficient (Wildman–Crippen LogP) is 3.76. The third kappa shape index (κ3) is 5.10. The highest BCUT2D eigenvalue weighted by molar-refractivity contribution is 6.05. The van der Waals surface area contributed by atoms with E-state index in [2.05, 4.69) is 22.5 Å². The summed E-state index contributed by atoms with van der Waals surface area (Å²) in [7, 11) is 1.56. The number of methoxy groups -OCH3 is 1. The third-order valence-electron chi connectivity index (χ3n) is 5.07. The molecule has 0 spiro atoms. The Morgan fingerprint density at radius 1 is 1.07 bits per heavy atom. The lowest BCUT2D eigenvalue weighted by atomic mass is 10.0. The summed E-state index contributed by atoms with van der Waals surface area (Å²) in [4.78, 5) is 27.0. The number of rotatable bonds is 6. The number of carbonyl (C=O) groups is 2. The summed E-state index contributed by atoms with van der Waals surface area (Å²) in [6.07, 6.45) is 3.52. The molecule has 2 aromatic carbocycles. The lowest BCUT2D eigenvalue weighted by molar-refractivity contribution is -0.118. The van der Waals surface area contributed by atoms with Crippen LogP contribution in [0.2, 0.25) is 0 Å². The minimum Gasteiger partial charge on any atom is -0.495 e. The Balaban J connectivity index is 1.56. The van der Waals surface area contributed by atoms with Crippen LogP contribution in [0.3, 0.4) is 0 Å². The zero-order valence-electron chi connectivity index (χ0n) is 16.4. The Bertz CT molecular complexity index is 820. The van der Waals surface area contributed by atoms with E-state index in [0.29, 0.717) is 35.3 Å². The van der Waals surface area contributed by atoms with Gasteiger partial charge in [0.15, 0.2) is 0 Å². The number of anilines is 2. The van der Waals surface area contributed by atoms with Crippen LogP contribution in [0.25, 0.3) is 0 Å². The average molecular weight is 381 g/mol. The van der Waals surface area contributed by atoms with E-state index in [1.807, 2.05) is 12.1 Å². The van der Waals surface area contributed by atoms with E-state index in [1.165, 1.54) is 6.42 Å². The molecule has 1 fully saturated rings. The van der Waals surface area contributed by atoms with Crippen molar-refractivity contribution < 1.29 is 14.3 Å². The van der Waals surface area contributed by atoms with Crippen molar-refractivity contribution in [1.29, 1.82) is 0 Å². The average Bonchev–Trinajstić information content (AvgIpc) is 2.70. The maximum Gasteiger partial charge on any atom is 0.255 e. The monoisotopic (exact) mass is 381 g/mol. The Labute approximate surface area is 165 Å². The Morgan fingerprint density at radius 3 is 2.54 bits per heavy atom. The molecule has 0 saturated carbocycles. The highest BCUT2D eigenvalue weighted by atomic mass is 16.5. The molecule has 0 aliphatic carbocycles. The van der Waals surface area contributed by atoms with Gasteiger partial charge in [0.1, 0.15) is 5.75 Å². The molecule has 6 nitrogen and oxygen atoms in total. The molecule has 1 unspecified atom stereocenters. The largest absolute Gasteiger partial charge is 0.495 e. The fraction of sp³-hybridized carbons (Fsp3) is 0.364. The predicted molar refractivity (Wildman–Crippen MR) is 111 cm³/mol. The number of para-hydroxylation sites is 2. The fourth-order valence-electron chi connectivity index (χ4n) is 3.42. The molecule has 2 aromatic rings. The van der Waals surface area contributed by atoms with Crippen LogP contribution < -0.4 is 15.4 Å². The van der Waals surface area contributed by atoms with Gasteiger partial charge >= 0.3 is 0 Å². The quantitative estimate of drug-likeness (QED) is 0.799. The van der Waals surface area contributed by atoms with Gasteiger partial charge in [-0.25, -0.2) is 0 Å². The second kappa shape index (κ2) is 9.37. The second-order valence-electron chi connectivity index (χ2n) is 7.10. The Morgan fingerprint density at radius 2 is 1.82 bits per heavy atom. The molecule has 3 rings (SSSR count). The van der Waals surface area contributed by atoms with Gasteiger partial charge in [-0.15, -0.1) is 0 Å². The zero-order chi connectivity index (χ0) is 19.9. The lowest BCUT2D eigenvalue weighted by Gasteiger charge is -2.32. The van der Waals surface area contributed by atoms with Gasteiger partial charge in [-0.3, -0.25) is 14.5 Å². The van der Waals surface area contributed by atoms with Crippen LogP contribution in [0, 0.1) is 0 Å². The number of ether oxygens (including phenoxy) is 1. The molecule has 1 saturated heterocycles. The summed E-state index contributed by atoms with van der Waals surface area (Å²) >= 11 is 0. The van der Waals surface area contributed by atoms with Gasteiger partial charge in [0, 0.05) is 17.3 Å². The van der Waals surface area contributed by atoms with Gasteiger partial charge in [0.2, 0.25) is 5.91 Å². The molecule has 0 aromatic heterocycles. The van der Waals surface area contributed by atoms with Crippen molar-refractivity contribution in [2.24, 2.45) is 0 Å². The van der Waals surface area contributed by atoms with Crippen molar-refractivity contribution >= 4 is 23.2 Å². The van der Waals surface area contributed by atoms with Gasteiger partial charge < -0.3 is 15.4 Å². The maximum absolute atomic E-state index is 12.5. The van der Waals surface area contributed by atoms with E-state index in [4.69, 9.17) is 4.74 Å². The summed E-state index contributed by atoms with van der Waals surface area (Å²) in [5.74, 6) is 0.344. The minimum atomic E-state index is -0.232. The summed E-state index contributed by atoms with van der Waals surface area (Å²) in [6.45, 7) is 3.54. The van der Waals surface area contributed by atoms with Crippen LogP contribution >= 0.6 is 0 Å². The Hall–Kier alpha value is -2.86. The second-order valence-corrected chi connectivity index (χ2v) is 7.10. The molecule has 2 amide bonds. The topological polar surface area (TPSA) is 70.7 Å². The number of hydrogen-bond donors (Lipinski definition) is 2. The van der Waals surface area contributed by atoms with E-state index < -0.39 is 0 Å². The van der Waals surface area contributed by atoms with Crippen molar-refractivity contribution in [2.75, 3.05) is 30.8 Å². The van der Waals surface area contributed by atoms with Crippen molar-refractivity contribution in [3.05, 3.63) is 54.1 Å². The minimum absolute atomic E-state index is 0.0278. The molecular weight excluding hydrogens is 354 g/mol. The molecule has 0 radical (unpaired) electrons. The van der Waals surface area contributed by atoms with Gasteiger partial charge in [0.05, 0.1) is 19.3 Å². The number of nitrogens with one attached hydrogen (secondary N) is 2. The molecule has 1 atom stereocenters. The molecular formula is C22H27N3O3. The van der Waals surface area contributed by atoms with Crippen molar-refractivity contribution in [1.82, 2.24) is 4.90 Å². The van der Waals surface area contributed by atoms with Crippen LogP contribution in [-0.4, -0.2) is 43.0 Å². The van der Waals surface area contributed by atoms with E-state index in [9.17, 15) is 9.59 Å². The van der Waals surface area contributed by atoms with Gasteiger partial charge in [-0.05, 0) is 62.7 Å². The van der Waals surface area contributed by atoms with Crippen LogP contribution in [0.1, 0.15) is 36.5 Å². The summed E-state index contributed by atoms with van der Waals surface area (Å²) in [5.41, 5.74) is 1.81. The highest BCUT2D eigenvalue weighted by Gasteiger charge is 2.20. The first-order chi connectivity index (χ1) is 13.6. The normalized spacial score (nSPS) is 17.0. The number of piperidine rings is 1. The first-order valence-corrected chi connectivity index (χ1v) is 9.65. The molecule has 0 bridgehead atoms. The molecule has 1 heterocycles. The Kier molecular flexibility index (Phi) is 6.66. The zero-order valence-corrected chi connectivity index (χ0v) is 16.4. The first kappa shape index (κ1) is 19.9. The van der Waals surface area contributed by atoms with E-state index in [0.717, 1.165) is 19.4 Å². The molecule has 1 aliphatic heterocycles. The maximum atomic E-state index is 12.5. The number of nitrogens with zero attached hydrogens (tertiary/aromatic N) is 1. The van der Waals surface area contributed by atoms with Crippen LogP contribution in [0.15, 0.2) is 48.5 Å². The van der Waals surface area contributed by atoms with Gasteiger partial charge in [-0.1, -0.05) is 18.6 Å². The van der Waals surface area contributed by atoms with Crippen LogP contribution in [0.4, 0.5) is 11.4 Å². The van der Waals surface area contributed by atoms with Crippen LogP contribution in [0.5, 0.6) is 5.75 Å². The molecule has 28 heavy (non-hydrogen) atoms. The lowest BCUT2D eigenvalue weighted by Crippen LogP contribution is -2.42. The third-order valence-corrected chi connectivity index (χ3v) is 5.07. The molecule has 2 N–H and O–H groups in total. The standard InChI is InChI=1S/C22H27N3O3/c1-16-7-5-6-14-25(16)15-21(26)23-18-12-10-17(11-13-18)22(27)24-19-8-3-4-9-20(19)28-2/h3-4,8-13,16H,5-7,14-15H2,1-2H3,(H,23,26)(H,24,27). The number of amides is 2. The first-order valence-electron chi connectivity index (χ1n) is 9.65.